The second kappa shape index (κ2) is 9.56. The largest absolute Gasteiger partial charge is 0.872 e. The quantitative estimate of drug-likeness (QED) is 0.602. The summed E-state index contributed by atoms with van der Waals surface area (Å²) in [7, 11) is 1.58. The molecule has 0 amide bonds. The van der Waals surface area contributed by atoms with Gasteiger partial charge in [-0.15, -0.1) is 0 Å². The maximum absolute atomic E-state index is 13.5. The van der Waals surface area contributed by atoms with E-state index in [4.69, 9.17) is 9.15 Å². The highest BCUT2D eigenvalue weighted by Gasteiger charge is 2.21. The molecule has 166 valence electrons. The Labute approximate surface area is 184 Å². The van der Waals surface area contributed by atoms with Crippen LogP contribution in [0.5, 0.6) is 11.5 Å². The Kier molecular flexibility index (Phi) is 7.06. The van der Waals surface area contributed by atoms with Crippen molar-refractivity contribution in [2.75, 3.05) is 20.2 Å². The summed E-state index contributed by atoms with van der Waals surface area (Å²) in [6.45, 7) is 13.0. The predicted octanol–water partition coefficient (Wildman–Crippen LogP) is 3.55. The van der Waals surface area contributed by atoms with Gasteiger partial charge in [-0.25, -0.2) is 0 Å². The first-order chi connectivity index (χ1) is 14.7. The van der Waals surface area contributed by atoms with Gasteiger partial charge in [0.2, 0.25) is 5.43 Å². The number of para-hydroxylation sites is 1. The molecule has 0 bridgehead atoms. The molecule has 3 rings (SSSR count). The molecule has 3 aromatic rings. The average molecular weight is 424 g/mol. The van der Waals surface area contributed by atoms with Crippen LogP contribution >= 0.6 is 0 Å². The lowest BCUT2D eigenvalue weighted by atomic mass is 9.99. The molecule has 1 N–H and O–H groups in total. The zero-order valence-corrected chi connectivity index (χ0v) is 19.4. The second-order valence-corrected chi connectivity index (χ2v) is 9.10. The molecule has 0 aliphatic rings. The van der Waals surface area contributed by atoms with E-state index in [0.29, 0.717) is 57.5 Å². The number of quaternary nitrogens is 1. The average Bonchev–Trinajstić information content (AvgIpc) is 2.69. The van der Waals surface area contributed by atoms with Crippen molar-refractivity contribution in [2.45, 2.75) is 41.2 Å². The molecule has 2 aromatic carbocycles. The van der Waals surface area contributed by atoms with Gasteiger partial charge in [0.15, 0.2) is 0 Å². The molecule has 0 unspecified atom stereocenters. The molecule has 5 nitrogen and oxygen atoms in total. The van der Waals surface area contributed by atoms with Gasteiger partial charge in [0, 0.05) is 23.0 Å². The third kappa shape index (κ3) is 4.93. The predicted molar refractivity (Wildman–Crippen MR) is 123 cm³/mol. The van der Waals surface area contributed by atoms with E-state index < -0.39 is 0 Å². The second-order valence-electron chi connectivity index (χ2n) is 9.10. The van der Waals surface area contributed by atoms with Crippen LogP contribution in [0.15, 0.2) is 45.6 Å². The molecule has 0 fully saturated rings. The first-order valence-electron chi connectivity index (χ1n) is 11.0. The first kappa shape index (κ1) is 22.9. The van der Waals surface area contributed by atoms with Crippen LogP contribution in [0.1, 0.15) is 39.0 Å². The minimum atomic E-state index is -0.140. The Bertz CT molecular complexity index is 1100. The Hall–Kier alpha value is -2.79. The van der Waals surface area contributed by atoms with Gasteiger partial charge < -0.3 is 19.2 Å². The Morgan fingerprint density at radius 1 is 1.03 bits per heavy atom. The molecule has 0 atom stereocenters. The number of aryl methyl sites for hydroxylation is 1. The summed E-state index contributed by atoms with van der Waals surface area (Å²) in [5.41, 5.74) is 2.03. The van der Waals surface area contributed by atoms with Crippen LogP contribution in [0.25, 0.3) is 22.1 Å². The van der Waals surface area contributed by atoms with E-state index in [1.165, 1.54) is 11.0 Å². The van der Waals surface area contributed by atoms with Crippen LogP contribution in [-0.4, -0.2) is 20.2 Å². The summed E-state index contributed by atoms with van der Waals surface area (Å²) >= 11 is 0. The van der Waals surface area contributed by atoms with Gasteiger partial charge >= 0.3 is 0 Å². The third-order valence-corrected chi connectivity index (χ3v) is 5.49. The van der Waals surface area contributed by atoms with Crippen LogP contribution < -0.4 is 20.2 Å². The number of benzene rings is 2. The summed E-state index contributed by atoms with van der Waals surface area (Å²) < 4.78 is 11.6. The van der Waals surface area contributed by atoms with Crippen LogP contribution in [0.3, 0.4) is 0 Å². The molecular formula is C26H33NO4. The van der Waals surface area contributed by atoms with E-state index in [-0.39, 0.29) is 11.2 Å². The van der Waals surface area contributed by atoms with E-state index in [9.17, 15) is 9.90 Å². The molecular weight excluding hydrogens is 390 g/mol. The summed E-state index contributed by atoms with van der Waals surface area (Å²) in [5.74, 6) is 2.03. The van der Waals surface area contributed by atoms with Crippen molar-refractivity contribution in [1.29, 1.82) is 0 Å². The highest BCUT2D eigenvalue weighted by molar-refractivity contribution is 5.87. The number of rotatable bonds is 8. The zero-order valence-electron chi connectivity index (χ0n) is 19.4. The number of ether oxygens (including phenoxy) is 1. The Morgan fingerprint density at radius 2 is 1.68 bits per heavy atom. The molecule has 31 heavy (non-hydrogen) atoms. The zero-order chi connectivity index (χ0) is 22.7. The Balaban J connectivity index is 2.17. The van der Waals surface area contributed by atoms with Gasteiger partial charge in [-0.3, -0.25) is 4.79 Å². The van der Waals surface area contributed by atoms with Crippen molar-refractivity contribution in [3.05, 3.63) is 57.9 Å². The van der Waals surface area contributed by atoms with Crippen LogP contribution in [0, 0.1) is 18.8 Å². The highest BCUT2D eigenvalue weighted by atomic mass is 16.5. The van der Waals surface area contributed by atoms with Gasteiger partial charge in [0.1, 0.15) is 23.6 Å². The summed E-state index contributed by atoms with van der Waals surface area (Å²) in [4.78, 5) is 14.8. The lowest BCUT2D eigenvalue weighted by molar-refractivity contribution is -0.919. The molecule has 0 spiro atoms. The fourth-order valence-electron chi connectivity index (χ4n) is 4.37. The van der Waals surface area contributed by atoms with Crippen molar-refractivity contribution in [3.63, 3.8) is 0 Å². The van der Waals surface area contributed by atoms with Crippen molar-refractivity contribution in [3.8, 4) is 22.6 Å². The van der Waals surface area contributed by atoms with E-state index in [1.807, 2.05) is 24.3 Å². The van der Waals surface area contributed by atoms with Gasteiger partial charge in [-0.2, -0.15) is 0 Å². The molecule has 1 heterocycles. The minimum Gasteiger partial charge on any atom is -0.872 e. The maximum Gasteiger partial charge on any atom is 0.200 e. The highest BCUT2D eigenvalue weighted by Crippen LogP contribution is 2.33. The molecule has 0 saturated carbocycles. The lowest BCUT2D eigenvalue weighted by Gasteiger charge is -2.26. The molecule has 0 saturated heterocycles. The maximum atomic E-state index is 13.5. The summed E-state index contributed by atoms with van der Waals surface area (Å²) in [6, 6.07) is 10.5. The van der Waals surface area contributed by atoms with E-state index in [2.05, 4.69) is 27.7 Å². The molecule has 0 aliphatic carbocycles. The molecule has 0 radical (unpaired) electrons. The third-order valence-electron chi connectivity index (χ3n) is 5.49. The number of hydrogen-bond acceptors (Lipinski definition) is 4. The molecule has 0 aliphatic heterocycles. The fourth-order valence-corrected chi connectivity index (χ4v) is 4.37. The van der Waals surface area contributed by atoms with Gasteiger partial charge in [0.25, 0.3) is 0 Å². The topological polar surface area (TPSA) is 66.9 Å². The number of hydrogen-bond donors (Lipinski definition) is 1. The van der Waals surface area contributed by atoms with Crippen LogP contribution in [-0.2, 0) is 6.54 Å². The first-order valence-corrected chi connectivity index (χ1v) is 11.0. The van der Waals surface area contributed by atoms with Gasteiger partial charge in [-0.1, -0.05) is 57.7 Å². The summed E-state index contributed by atoms with van der Waals surface area (Å²) in [6.07, 6.45) is 0. The van der Waals surface area contributed by atoms with Crippen LogP contribution in [0.4, 0.5) is 0 Å². The van der Waals surface area contributed by atoms with Crippen molar-refractivity contribution in [2.24, 2.45) is 11.8 Å². The normalized spacial score (nSPS) is 11.8. The monoisotopic (exact) mass is 423 g/mol. The van der Waals surface area contributed by atoms with E-state index in [0.717, 1.165) is 13.1 Å². The number of methoxy groups -OCH3 is 1. The molecule has 1 aromatic heterocycles. The van der Waals surface area contributed by atoms with Gasteiger partial charge in [-0.05, 0) is 19.1 Å². The fraction of sp³-hybridized carbons (Fsp3) is 0.423. The van der Waals surface area contributed by atoms with Gasteiger partial charge in [0.05, 0.1) is 31.1 Å². The van der Waals surface area contributed by atoms with Crippen molar-refractivity contribution >= 4 is 11.0 Å². The molecule has 5 heteroatoms. The Morgan fingerprint density at radius 3 is 2.29 bits per heavy atom. The van der Waals surface area contributed by atoms with Crippen LogP contribution in [0.2, 0.25) is 0 Å². The minimum absolute atomic E-state index is 0.0786. The standard InChI is InChI=1S/C26H33NO4/c1-16(2)13-27(14-17(3)4)15-21-22(28)12-11-20-25(29)24(18(5)31-26(20)21)19-9-7-8-10-23(19)30-6/h7-12,16-17,28H,13-15H2,1-6H3. The van der Waals surface area contributed by atoms with E-state index in [1.54, 1.807) is 20.1 Å². The van der Waals surface area contributed by atoms with Crippen molar-refractivity contribution in [1.82, 2.24) is 0 Å². The number of fused-ring (bicyclic) bond motifs is 1. The smallest absolute Gasteiger partial charge is 0.200 e. The van der Waals surface area contributed by atoms with E-state index >= 15 is 0 Å². The lowest BCUT2D eigenvalue weighted by Crippen LogP contribution is -3.11. The summed E-state index contributed by atoms with van der Waals surface area (Å²) in [5, 5.41) is 13.3. The number of nitrogens with one attached hydrogen (secondary N) is 1. The van der Waals surface area contributed by atoms with Crippen molar-refractivity contribution < 1.29 is 19.2 Å². The SMILES string of the molecule is COc1ccccc1-c1c(C)oc2c(C[NH+](CC(C)C)CC(C)C)c([O-])ccc2c1=O.